The number of hydrogen-bond acceptors (Lipinski definition) is 7. The molecule has 3 aromatic rings. The van der Waals surface area contributed by atoms with Gasteiger partial charge in [0, 0.05) is 53.1 Å². The third-order valence-electron chi connectivity index (χ3n) is 8.07. The van der Waals surface area contributed by atoms with Crippen molar-refractivity contribution in [3.63, 3.8) is 0 Å². The van der Waals surface area contributed by atoms with Crippen molar-refractivity contribution in [2.24, 2.45) is 0 Å². The Bertz CT molecular complexity index is 1920. The molecule has 0 spiro atoms. The van der Waals surface area contributed by atoms with E-state index in [1.54, 1.807) is 0 Å². The Hall–Kier alpha value is -4.63. The Balaban J connectivity index is 1.70. The number of carboxylic acid groups (broad SMARTS) is 2. The summed E-state index contributed by atoms with van der Waals surface area (Å²) in [7, 11) is 0. The van der Waals surface area contributed by atoms with E-state index < -0.39 is 55.2 Å². The second-order valence-electron chi connectivity index (χ2n) is 11.5. The van der Waals surface area contributed by atoms with Crippen molar-refractivity contribution < 1.29 is 61.1 Å². The van der Waals surface area contributed by atoms with E-state index >= 15 is 0 Å². The van der Waals surface area contributed by atoms with Gasteiger partial charge in [-0.05, 0) is 41.0 Å². The third-order valence-corrected chi connectivity index (χ3v) is 8.07. The molecule has 242 valence electrons. The fraction of sp³-hybridized carbons (Fsp3) is 0.323. The summed E-state index contributed by atoms with van der Waals surface area (Å²) in [5.74, 6) is -3.22. The molecule has 0 bridgehead atoms. The highest BCUT2D eigenvalue weighted by atomic mass is 19.4. The Morgan fingerprint density at radius 3 is 2.28 bits per heavy atom. The van der Waals surface area contributed by atoms with E-state index in [4.69, 9.17) is 4.74 Å². The number of hydrogen-bond donors (Lipinski definition) is 3. The van der Waals surface area contributed by atoms with E-state index in [9.17, 15) is 56.4 Å². The summed E-state index contributed by atoms with van der Waals surface area (Å²) in [6.45, 7) is -3.50. The summed E-state index contributed by atoms with van der Waals surface area (Å²) in [4.78, 5) is 25.1. The van der Waals surface area contributed by atoms with Crippen LogP contribution in [0.25, 0.3) is 5.57 Å². The molecule has 0 aromatic heterocycles. The molecule has 0 saturated carbocycles. The zero-order chi connectivity index (χ0) is 33.3. The topological polar surface area (TPSA) is 133 Å². The average molecular weight is 651 g/mol. The fourth-order valence-corrected chi connectivity index (χ4v) is 6.40. The first-order valence-electron chi connectivity index (χ1n) is 14.0. The molecule has 0 saturated heterocycles. The number of aliphatic hydroxyl groups is 2. The molecule has 2 unspecified atom stereocenters. The largest absolute Gasteiger partial charge is 0.545 e. The molecule has 2 atom stereocenters. The minimum absolute atomic E-state index is 0.0647. The third kappa shape index (κ3) is 5.99. The van der Waals surface area contributed by atoms with Crippen LogP contribution in [-0.2, 0) is 12.8 Å². The number of rotatable bonds is 5. The normalized spacial score (nSPS) is 19.1. The molecule has 3 aromatic carbocycles. The number of aromatic carboxylic acids is 2. The van der Waals surface area contributed by atoms with Crippen molar-refractivity contribution in [2.45, 2.75) is 37.4 Å². The van der Waals surface area contributed by atoms with Crippen LogP contribution in [0.15, 0.2) is 42.5 Å². The van der Waals surface area contributed by atoms with Crippen molar-refractivity contribution in [1.29, 1.82) is 0 Å². The summed E-state index contributed by atoms with van der Waals surface area (Å²) in [6, 6.07) is 8.55. The van der Waals surface area contributed by atoms with Gasteiger partial charge < -0.3 is 34.9 Å². The maximum absolute atomic E-state index is 13.5. The quantitative estimate of drug-likeness (QED) is 0.218. The molecule has 0 fully saturated rings. The van der Waals surface area contributed by atoms with Gasteiger partial charge in [-0.1, -0.05) is 6.07 Å². The van der Waals surface area contributed by atoms with Crippen molar-refractivity contribution in [1.82, 2.24) is 4.58 Å². The fourth-order valence-electron chi connectivity index (χ4n) is 6.40. The maximum Gasteiger partial charge on any atom is 0.448 e. The molecule has 0 aliphatic carbocycles. The molecule has 0 radical (unpaired) electrons. The second-order valence-corrected chi connectivity index (χ2v) is 11.5. The maximum atomic E-state index is 13.5. The number of carbonyl (C=O) groups excluding carboxylic acids is 1. The summed E-state index contributed by atoms with van der Waals surface area (Å²) < 4.78 is 87.9. The van der Waals surface area contributed by atoms with Crippen molar-refractivity contribution in [3.05, 3.63) is 86.4 Å². The lowest BCUT2D eigenvalue weighted by molar-refractivity contribution is -0.255. The number of fused-ring (bicyclic) bond motifs is 4. The van der Waals surface area contributed by atoms with E-state index in [-0.39, 0.29) is 87.1 Å². The van der Waals surface area contributed by atoms with Gasteiger partial charge in [0.15, 0.2) is 6.54 Å². The van der Waals surface area contributed by atoms with Gasteiger partial charge in [0.25, 0.3) is 0 Å². The van der Waals surface area contributed by atoms with Crippen LogP contribution in [0.3, 0.4) is 0 Å². The molecule has 0 amide bonds. The molecule has 3 aliphatic heterocycles. The number of β-amino-alcohol motifs (C(OH)–C–C–N with tert-alkyl or cyclic N) is 2. The van der Waals surface area contributed by atoms with Gasteiger partial charge in [0.1, 0.15) is 24.1 Å². The standard InChI is InChI=1S/C31H24F6N2O7/c32-30(33,34)12-38-10-17(40)3-15-6-21-25(8-23(15)38)46-26-9-24-16(4-18(41)11-39(24)13-31(35,36)37)7-22(26)27(21)20-5-14(28(42)43)1-2-19(20)29(44)45/h1-2,5-9,17-18,40-41H,3-4,10-13H2,(H-,42,43,44,45). The van der Waals surface area contributed by atoms with Crippen LogP contribution >= 0.6 is 0 Å². The highest BCUT2D eigenvalue weighted by Gasteiger charge is 2.39. The minimum atomic E-state index is -4.64. The van der Waals surface area contributed by atoms with Crippen LogP contribution in [0.2, 0.25) is 0 Å². The first-order chi connectivity index (χ1) is 21.5. The first kappa shape index (κ1) is 31.4. The van der Waals surface area contributed by atoms with Gasteiger partial charge in [0.2, 0.25) is 11.9 Å². The predicted octanol–water partition coefficient (Wildman–Crippen LogP) is 1.36. The van der Waals surface area contributed by atoms with Gasteiger partial charge in [0.05, 0.1) is 23.7 Å². The molecule has 3 heterocycles. The molecule has 9 nitrogen and oxygen atoms in total. The summed E-state index contributed by atoms with van der Waals surface area (Å²) in [6.07, 6.45) is -11.8. The Kier molecular flexibility index (Phi) is 7.51. The first-order valence-corrected chi connectivity index (χ1v) is 14.0. The molecular weight excluding hydrogens is 626 g/mol. The number of aliphatic hydroxyl groups excluding tert-OH is 2. The Morgan fingerprint density at radius 1 is 0.913 bits per heavy atom. The van der Waals surface area contributed by atoms with Gasteiger partial charge in [-0.2, -0.15) is 26.3 Å². The molecule has 6 rings (SSSR count). The number of alkyl halides is 6. The number of ether oxygens (including phenoxy) is 1. The van der Waals surface area contributed by atoms with E-state index in [2.05, 4.69) is 0 Å². The smallest absolute Gasteiger partial charge is 0.448 e. The predicted molar refractivity (Wildman–Crippen MR) is 146 cm³/mol. The number of nitrogens with zero attached hydrogens (tertiary/aromatic N) is 2. The van der Waals surface area contributed by atoms with E-state index in [1.165, 1.54) is 24.3 Å². The van der Waals surface area contributed by atoms with E-state index in [1.807, 2.05) is 0 Å². The lowest BCUT2D eigenvalue weighted by Gasteiger charge is -2.36. The van der Waals surface area contributed by atoms with Crippen molar-refractivity contribution in [3.8, 4) is 11.5 Å². The molecular formula is C31H24F6N2O7. The Labute approximate surface area is 255 Å². The second kappa shape index (κ2) is 11.0. The lowest BCUT2D eigenvalue weighted by Crippen LogP contribution is -2.48. The van der Waals surface area contributed by atoms with Crippen LogP contribution in [0.5, 0.6) is 11.5 Å². The molecule has 46 heavy (non-hydrogen) atoms. The number of benzene rings is 3. The van der Waals surface area contributed by atoms with Crippen LogP contribution in [0.1, 0.15) is 43.0 Å². The zero-order valence-electron chi connectivity index (χ0n) is 23.6. The lowest BCUT2D eigenvalue weighted by atomic mass is 9.85. The highest BCUT2D eigenvalue weighted by Crippen LogP contribution is 2.43. The van der Waals surface area contributed by atoms with E-state index in [0.29, 0.717) is 0 Å². The van der Waals surface area contributed by atoms with Crippen molar-refractivity contribution in [2.75, 3.05) is 31.1 Å². The number of carbonyl (C=O) groups is 2. The monoisotopic (exact) mass is 650 g/mol. The number of carboxylic acids is 2. The van der Waals surface area contributed by atoms with Gasteiger partial charge in [-0.15, -0.1) is 0 Å². The van der Waals surface area contributed by atoms with Crippen LogP contribution in [-0.4, -0.2) is 78.0 Å². The molecule has 3 N–H and O–H groups in total. The summed E-state index contributed by atoms with van der Waals surface area (Å²) in [5.41, 5.74) is -0.0463. The number of halogens is 6. The van der Waals surface area contributed by atoms with Gasteiger partial charge in [-0.25, -0.2) is 9.37 Å². The Morgan fingerprint density at radius 2 is 1.63 bits per heavy atom. The van der Waals surface area contributed by atoms with Crippen LogP contribution < -0.4 is 29.9 Å². The zero-order valence-corrected chi connectivity index (χ0v) is 23.6. The average Bonchev–Trinajstić information content (AvgIpc) is 2.92. The van der Waals surface area contributed by atoms with E-state index in [0.717, 1.165) is 27.7 Å². The highest BCUT2D eigenvalue weighted by molar-refractivity contribution is 6.00. The minimum Gasteiger partial charge on any atom is -0.545 e. The van der Waals surface area contributed by atoms with Crippen LogP contribution in [0, 0.1) is 0 Å². The van der Waals surface area contributed by atoms with Crippen LogP contribution in [0.4, 0.5) is 32.0 Å². The number of anilines is 1. The van der Waals surface area contributed by atoms with Crippen molar-refractivity contribution >= 4 is 23.2 Å². The van der Waals surface area contributed by atoms with Gasteiger partial charge >= 0.3 is 18.3 Å². The SMILES string of the molecule is O=C([O-])c1ccc(C(=O)O)c(C2=c3cc4c(cc3Oc3cc5c(cc32)CC(O)CN5CC(F)(F)F)=[N+](CC(F)(F)F)CC(O)C4)c1. The summed E-state index contributed by atoms with van der Waals surface area (Å²) >= 11 is 0. The molecule has 15 heteroatoms. The molecule has 3 aliphatic rings. The summed E-state index contributed by atoms with van der Waals surface area (Å²) in [5, 5.41) is 43.0. The van der Waals surface area contributed by atoms with Gasteiger partial charge in [-0.3, -0.25) is 0 Å².